The van der Waals surface area contributed by atoms with Gasteiger partial charge in [0.15, 0.2) is 0 Å². The number of hydrogen-bond donors (Lipinski definition) is 1. The molecule has 1 heteroatoms. The summed E-state index contributed by atoms with van der Waals surface area (Å²) in [6.45, 7) is 8.04. The van der Waals surface area contributed by atoms with Crippen molar-refractivity contribution in [1.29, 1.82) is 0 Å². The van der Waals surface area contributed by atoms with Gasteiger partial charge in [0.05, 0.1) is 0 Å². The molecule has 0 aliphatic rings. The molecule has 1 aromatic carbocycles. The molecule has 0 radical (unpaired) electrons. The maximum atomic E-state index is 3.22. The molecular formula is C17H29N. The van der Waals surface area contributed by atoms with E-state index in [0.29, 0.717) is 5.92 Å². The molecule has 0 aliphatic heterocycles. The summed E-state index contributed by atoms with van der Waals surface area (Å²) in [6, 6.07) is 9.24. The number of nitrogens with one attached hydrogen (secondary N) is 1. The maximum absolute atomic E-state index is 3.22. The first-order chi connectivity index (χ1) is 8.67. The molecule has 0 aromatic heterocycles. The molecule has 0 saturated heterocycles. The Balaban J connectivity index is 2.39. The summed E-state index contributed by atoms with van der Waals surface area (Å²) < 4.78 is 0. The Labute approximate surface area is 113 Å². The van der Waals surface area contributed by atoms with Crippen molar-refractivity contribution in [3.05, 3.63) is 35.4 Å². The van der Waals surface area contributed by atoms with E-state index in [9.17, 15) is 0 Å². The first kappa shape index (κ1) is 15.2. The molecule has 1 rings (SSSR count). The van der Waals surface area contributed by atoms with Crippen molar-refractivity contribution in [3.8, 4) is 0 Å². The van der Waals surface area contributed by atoms with Crippen LogP contribution in [0.1, 0.15) is 57.1 Å². The van der Waals surface area contributed by atoms with Gasteiger partial charge >= 0.3 is 0 Å². The van der Waals surface area contributed by atoms with E-state index in [2.05, 4.69) is 50.4 Å². The highest BCUT2D eigenvalue weighted by atomic mass is 14.8. The average molecular weight is 247 g/mol. The number of hydrogen-bond acceptors (Lipinski definition) is 1. The zero-order chi connectivity index (χ0) is 13.4. The number of benzene rings is 1. The second-order valence-electron chi connectivity index (χ2n) is 5.59. The third-order valence-corrected chi connectivity index (χ3v) is 3.97. The van der Waals surface area contributed by atoms with E-state index in [1.54, 1.807) is 0 Å². The van der Waals surface area contributed by atoms with Gasteiger partial charge < -0.3 is 5.32 Å². The Morgan fingerprint density at radius 1 is 1.06 bits per heavy atom. The minimum atomic E-state index is 0.689. The Kier molecular flexibility index (Phi) is 7.04. The van der Waals surface area contributed by atoms with E-state index in [4.69, 9.17) is 0 Å². The molecule has 0 aliphatic carbocycles. The van der Waals surface area contributed by atoms with Crippen LogP contribution in [0.4, 0.5) is 0 Å². The molecule has 102 valence electrons. The smallest absolute Gasteiger partial charge is 0.00494 e. The Morgan fingerprint density at radius 2 is 1.72 bits per heavy atom. The fraction of sp³-hybridized carbons (Fsp3) is 0.647. The molecule has 0 fully saturated rings. The fourth-order valence-electron chi connectivity index (χ4n) is 2.20. The van der Waals surface area contributed by atoms with E-state index in [0.717, 1.165) is 12.5 Å². The molecule has 1 aromatic rings. The van der Waals surface area contributed by atoms with Gasteiger partial charge in [-0.3, -0.25) is 0 Å². The van der Waals surface area contributed by atoms with E-state index in [1.165, 1.54) is 36.8 Å². The van der Waals surface area contributed by atoms with Crippen molar-refractivity contribution >= 4 is 0 Å². The average Bonchev–Trinajstić information content (AvgIpc) is 2.42. The predicted octanol–water partition coefficient (Wildman–Crippen LogP) is 4.38. The number of rotatable bonds is 8. The van der Waals surface area contributed by atoms with Crippen LogP contribution < -0.4 is 5.32 Å². The van der Waals surface area contributed by atoms with Crippen molar-refractivity contribution in [1.82, 2.24) is 5.32 Å². The van der Waals surface area contributed by atoms with Gasteiger partial charge in [0.25, 0.3) is 0 Å². The third kappa shape index (κ3) is 5.22. The monoisotopic (exact) mass is 247 g/mol. The zero-order valence-electron chi connectivity index (χ0n) is 12.5. The highest BCUT2D eigenvalue weighted by Crippen LogP contribution is 2.20. The molecule has 0 heterocycles. The largest absolute Gasteiger partial charge is 0.320 e. The highest BCUT2D eigenvalue weighted by molar-refractivity contribution is 5.25. The second-order valence-corrected chi connectivity index (χ2v) is 5.59. The third-order valence-electron chi connectivity index (χ3n) is 3.97. The fourth-order valence-corrected chi connectivity index (χ4v) is 2.20. The lowest BCUT2D eigenvalue weighted by molar-refractivity contribution is 0.482. The van der Waals surface area contributed by atoms with Crippen LogP contribution in [0.2, 0.25) is 0 Å². The summed E-state index contributed by atoms with van der Waals surface area (Å²) in [5.41, 5.74) is 2.96. The molecule has 2 atom stereocenters. The summed E-state index contributed by atoms with van der Waals surface area (Å²) in [4.78, 5) is 0. The molecule has 18 heavy (non-hydrogen) atoms. The molecule has 1 N–H and O–H groups in total. The van der Waals surface area contributed by atoms with Crippen molar-refractivity contribution in [3.63, 3.8) is 0 Å². The van der Waals surface area contributed by atoms with E-state index < -0.39 is 0 Å². The summed E-state index contributed by atoms with van der Waals surface area (Å²) in [5, 5.41) is 3.22. The zero-order valence-corrected chi connectivity index (χ0v) is 12.5. The van der Waals surface area contributed by atoms with Crippen LogP contribution in [-0.2, 0) is 6.42 Å². The van der Waals surface area contributed by atoms with Crippen LogP contribution in [0, 0.1) is 5.92 Å². The first-order valence-corrected chi connectivity index (χ1v) is 7.40. The minimum Gasteiger partial charge on any atom is -0.320 e. The normalized spacial score (nSPS) is 14.4. The summed E-state index contributed by atoms with van der Waals surface area (Å²) in [6.07, 6.45) is 5.01. The second kappa shape index (κ2) is 8.31. The van der Waals surface area contributed by atoms with Crippen molar-refractivity contribution in [2.24, 2.45) is 5.92 Å². The SMILES string of the molecule is CCC(C)c1ccc(CCC(C)CCNC)cc1. The molecule has 0 amide bonds. The predicted molar refractivity (Wildman–Crippen MR) is 81.2 cm³/mol. The van der Waals surface area contributed by atoms with Crippen LogP contribution in [-0.4, -0.2) is 13.6 Å². The van der Waals surface area contributed by atoms with Crippen molar-refractivity contribution in [2.75, 3.05) is 13.6 Å². The molecule has 1 nitrogen and oxygen atoms in total. The van der Waals surface area contributed by atoms with Gasteiger partial charge in [-0.15, -0.1) is 0 Å². The van der Waals surface area contributed by atoms with Gasteiger partial charge in [0.1, 0.15) is 0 Å². The maximum Gasteiger partial charge on any atom is -0.00494 e. The summed E-state index contributed by atoms with van der Waals surface area (Å²) >= 11 is 0. The lowest BCUT2D eigenvalue weighted by atomic mass is 9.94. The van der Waals surface area contributed by atoms with Crippen LogP contribution in [0.25, 0.3) is 0 Å². The van der Waals surface area contributed by atoms with Crippen molar-refractivity contribution < 1.29 is 0 Å². The minimum absolute atomic E-state index is 0.689. The Bertz CT molecular complexity index is 315. The van der Waals surface area contributed by atoms with Gasteiger partial charge in [0.2, 0.25) is 0 Å². The Morgan fingerprint density at radius 3 is 2.28 bits per heavy atom. The van der Waals surface area contributed by atoms with Crippen molar-refractivity contribution in [2.45, 2.75) is 52.4 Å². The Hall–Kier alpha value is -0.820. The lowest BCUT2D eigenvalue weighted by Gasteiger charge is -2.12. The van der Waals surface area contributed by atoms with Gasteiger partial charge in [-0.2, -0.15) is 0 Å². The van der Waals surface area contributed by atoms with E-state index in [-0.39, 0.29) is 0 Å². The first-order valence-electron chi connectivity index (χ1n) is 7.40. The summed E-state index contributed by atoms with van der Waals surface area (Å²) in [7, 11) is 2.03. The highest BCUT2D eigenvalue weighted by Gasteiger charge is 2.04. The van der Waals surface area contributed by atoms with Gasteiger partial charge in [0, 0.05) is 0 Å². The molecular weight excluding hydrogens is 218 g/mol. The van der Waals surface area contributed by atoms with Crippen LogP contribution in [0.3, 0.4) is 0 Å². The van der Waals surface area contributed by atoms with Gasteiger partial charge in [-0.05, 0) is 62.2 Å². The van der Waals surface area contributed by atoms with E-state index in [1.807, 2.05) is 7.05 Å². The van der Waals surface area contributed by atoms with Crippen LogP contribution >= 0.6 is 0 Å². The molecule has 0 spiro atoms. The topological polar surface area (TPSA) is 12.0 Å². The molecule has 0 bridgehead atoms. The van der Waals surface area contributed by atoms with Crippen LogP contribution in [0.15, 0.2) is 24.3 Å². The number of aryl methyl sites for hydroxylation is 1. The van der Waals surface area contributed by atoms with Gasteiger partial charge in [-0.1, -0.05) is 45.0 Å². The molecule has 0 saturated carbocycles. The van der Waals surface area contributed by atoms with E-state index >= 15 is 0 Å². The molecule has 2 unspecified atom stereocenters. The lowest BCUT2D eigenvalue weighted by Crippen LogP contribution is -2.11. The summed E-state index contributed by atoms with van der Waals surface area (Å²) in [5.74, 6) is 1.50. The quantitative estimate of drug-likeness (QED) is 0.719. The van der Waals surface area contributed by atoms with Crippen LogP contribution in [0.5, 0.6) is 0 Å². The van der Waals surface area contributed by atoms with Gasteiger partial charge in [-0.25, -0.2) is 0 Å². The standard InChI is InChI=1S/C17H29N/c1-5-15(3)17-10-8-16(9-11-17)7-6-14(2)12-13-18-4/h8-11,14-15,18H,5-7,12-13H2,1-4H3.